The minimum Gasteiger partial charge on any atom is -0.392 e. The number of aliphatic hydroxyl groups is 1. The third-order valence-electron chi connectivity index (χ3n) is 2.89. The van der Waals surface area contributed by atoms with Gasteiger partial charge in [0.05, 0.1) is 6.61 Å². The standard InChI is InChI=1S/C13H20ClNO/c1-3-15(4-2)8-7-12-6-5-11(10-16)9-13(12)14/h5-6,9,16H,3-4,7-8,10H2,1-2H3. The maximum atomic E-state index is 8.98. The highest BCUT2D eigenvalue weighted by molar-refractivity contribution is 6.31. The second-order valence-corrected chi connectivity index (χ2v) is 4.27. The normalized spacial score (nSPS) is 11.1. The lowest BCUT2D eigenvalue weighted by Gasteiger charge is -2.18. The van der Waals surface area contributed by atoms with Crippen molar-refractivity contribution in [3.63, 3.8) is 0 Å². The van der Waals surface area contributed by atoms with Crippen molar-refractivity contribution >= 4 is 11.6 Å². The Morgan fingerprint density at radius 3 is 2.44 bits per heavy atom. The number of benzene rings is 1. The molecule has 1 N–H and O–H groups in total. The van der Waals surface area contributed by atoms with Gasteiger partial charge in [0.15, 0.2) is 0 Å². The van der Waals surface area contributed by atoms with Crippen molar-refractivity contribution in [1.82, 2.24) is 4.90 Å². The molecule has 0 radical (unpaired) electrons. The summed E-state index contributed by atoms with van der Waals surface area (Å²) in [6.45, 7) is 7.56. The number of rotatable bonds is 6. The zero-order chi connectivity index (χ0) is 12.0. The Labute approximate surface area is 103 Å². The summed E-state index contributed by atoms with van der Waals surface area (Å²) in [5.41, 5.74) is 2.03. The van der Waals surface area contributed by atoms with E-state index >= 15 is 0 Å². The molecule has 1 rings (SSSR count). The van der Waals surface area contributed by atoms with Gasteiger partial charge in [-0.05, 0) is 36.7 Å². The molecule has 0 atom stereocenters. The van der Waals surface area contributed by atoms with Gasteiger partial charge in [-0.15, -0.1) is 0 Å². The predicted octanol–water partition coefficient (Wildman–Crippen LogP) is 2.72. The van der Waals surface area contributed by atoms with E-state index in [0.717, 1.165) is 42.2 Å². The van der Waals surface area contributed by atoms with Crippen LogP contribution in [0.2, 0.25) is 5.02 Å². The van der Waals surface area contributed by atoms with Crippen LogP contribution in [0.4, 0.5) is 0 Å². The topological polar surface area (TPSA) is 23.5 Å². The van der Waals surface area contributed by atoms with Crippen LogP contribution in [0.5, 0.6) is 0 Å². The van der Waals surface area contributed by atoms with Crippen molar-refractivity contribution in [2.75, 3.05) is 19.6 Å². The molecule has 2 nitrogen and oxygen atoms in total. The molecule has 0 aliphatic heterocycles. The van der Waals surface area contributed by atoms with Crippen molar-refractivity contribution in [1.29, 1.82) is 0 Å². The molecule has 0 amide bonds. The molecule has 0 bridgehead atoms. The largest absolute Gasteiger partial charge is 0.392 e. The Balaban J connectivity index is 2.60. The Morgan fingerprint density at radius 2 is 1.94 bits per heavy atom. The van der Waals surface area contributed by atoms with Crippen molar-refractivity contribution in [2.24, 2.45) is 0 Å². The summed E-state index contributed by atoms with van der Waals surface area (Å²) >= 11 is 6.15. The molecule has 0 fully saturated rings. The molecule has 16 heavy (non-hydrogen) atoms. The molecular formula is C13H20ClNO. The van der Waals surface area contributed by atoms with Gasteiger partial charge in [0.1, 0.15) is 0 Å². The lowest BCUT2D eigenvalue weighted by atomic mass is 10.1. The molecule has 90 valence electrons. The quantitative estimate of drug-likeness (QED) is 0.828. The zero-order valence-electron chi connectivity index (χ0n) is 10.0. The van der Waals surface area contributed by atoms with Gasteiger partial charge < -0.3 is 10.0 Å². The fourth-order valence-corrected chi connectivity index (χ4v) is 2.01. The minimum absolute atomic E-state index is 0.0516. The third kappa shape index (κ3) is 3.78. The number of aliphatic hydroxyl groups excluding tert-OH is 1. The molecular weight excluding hydrogens is 222 g/mol. The van der Waals surface area contributed by atoms with Crippen LogP contribution in [0, 0.1) is 0 Å². The highest BCUT2D eigenvalue weighted by Crippen LogP contribution is 2.18. The van der Waals surface area contributed by atoms with Crippen LogP contribution in [0.25, 0.3) is 0 Å². The van der Waals surface area contributed by atoms with E-state index in [1.165, 1.54) is 0 Å². The summed E-state index contributed by atoms with van der Waals surface area (Å²) in [7, 11) is 0. The van der Waals surface area contributed by atoms with E-state index in [2.05, 4.69) is 18.7 Å². The molecule has 0 aliphatic rings. The molecule has 0 spiro atoms. The predicted molar refractivity (Wildman–Crippen MR) is 68.9 cm³/mol. The maximum Gasteiger partial charge on any atom is 0.0682 e. The lowest BCUT2D eigenvalue weighted by Crippen LogP contribution is -2.25. The average molecular weight is 242 g/mol. The van der Waals surface area contributed by atoms with Crippen molar-refractivity contribution in [2.45, 2.75) is 26.9 Å². The van der Waals surface area contributed by atoms with Crippen LogP contribution in [-0.4, -0.2) is 29.6 Å². The van der Waals surface area contributed by atoms with Crippen molar-refractivity contribution in [3.8, 4) is 0 Å². The molecule has 1 aromatic rings. The maximum absolute atomic E-state index is 8.98. The van der Waals surface area contributed by atoms with Gasteiger partial charge in [-0.1, -0.05) is 37.6 Å². The van der Waals surface area contributed by atoms with Crippen LogP contribution in [-0.2, 0) is 13.0 Å². The van der Waals surface area contributed by atoms with E-state index in [0.29, 0.717) is 0 Å². The Kier molecular flexibility index (Phi) is 5.81. The van der Waals surface area contributed by atoms with E-state index in [-0.39, 0.29) is 6.61 Å². The Bertz CT molecular complexity index is 324. The molecule has 0 heterocycles. The van der Waals surface area contributed by atoms with Crippen molar-refractivity contribution in [3.05, 3.63) is 34.3 Å². The number of likely N-dealkylation sites (N-methyl/N-ethyl adjacent to an activating group) is 1. The molecule has 0 aliphatic carbocycles. The summed E-state index contributed by atoms with van der Waals surface area (Å²) in [6, 6.07) is 5.79. The first-order valence-electron chi connectivity index (χ1n) is 5.81. The smallest absolute Gasteiger partial charge is 0.0682 e. The van der Waals surface area contributed by atoms with Gasteiger partial charge in [0, 0.05) is 11.6 Å². The second kappa shape index (κ2) is 6.89. The Morgan fingerprint density at radius 1 is 1.25 bits per heavy atom. The van der Waals surface area contributed by atoms with Crippen LogP contribution < -0.4 is 0 Å². The summed E-state index contributed by atoms with van der Waals surface area (Å²) < 4.78 is 0. The average Bonchev–Trinajstić information content (AvgIpc) is 2.32. The highest BCUT2D eigenvalue weighted by Gasteiger charge is 2.04. The fraction of sp³-hybridized carbons (Fsp3) is 0.538. The third-order valence-corrected chi connectivity index (χ3v) is 3.24. The molecule has 0 saturated carbocycles. The SMILES string of the molecule is CCN(CC)CCc1ccc(CO)cc1Cl. The minimum atomic E-state index is 0.0516. The fourth-order valence-electron chi connectivity index (χ4n) is 1.71. The van der Waals surface area contributed by atoms with Gasteiger partial charge in [-0.25, -0.2) is 0 Å². The van der Waals surface area contributed by atoms with Gasteiger partial charge in [0.2, 0.25) is 0 Å². The molecule has 1 aromatic carbocycles. The van der Waals surface area contributed by atoms with E-state index in [1.807, 2.05) is 18.2 Å². The van der Waals surface area contributed by atoms with E-state index < -0.39 is 0 Å². The number of hydrogen-bond donors (Lipinski definition) is 1. The van der Waals surface area contributed by atoms with Crippen molar-refractivity contribution < 1.29 is 5.11 Å². The second-order valence-electron chi connectivity index (χ2n) is 3.86. The van der Waals surface area contributed by atoms with Gasteiger partial charge in [-0.3, -0.25) is 0 Å². The summed E-state index contributed by atoms with van der Waals surface area (Å²) in [4.78, 5) is 2.37. The monoisotopic (exact) mass is 241 g/mol. The first-order valence-corrected chi connectivity index (χ1v) is 6.19. The van der Waals surface area contributed by atoms with E-state index in [9.17, 15) is 0 Å². The zero-order valence-corrected chi connectivity index (χ0v) is 10.8. The molecule has 0 unspecified atom stereocenters. The number of hydrogen-bond acceptors (Lipinski definition) is 2. The van der Waals surface area contributed by atoms with Gasteiger partial charge in [0.25, 0.3) is 0 Å². The van der Waals surface area contributed by atoms with Crippen LogP contribution in [0.1, 0.15) is 25.0 Å². The first-order chi connectivity index (χ1) is 7.71. The van der Waals surface area contributed by atoms with Gasteiger partial charge >= 0.3 is 0 Å². The van der Waals surface area contributed by atoms with E-state index in [1.54, 1.807) is 0 Å². The van der Waals surface area contributed by atoms with Crippen LogP contribution in [0.3, 0.4) is 0 Å². The number of halogens is 1. The number of nitrogens with zero attached hydrogens (tertiary/aromatic N) is 1. The van der Waals surface area contributed by atoms with Crippen LogP contribution in [0.15, 0.2) is 18.2 Å². The first kappa shape index (κ1) is 13.5. The summed E-state index contributed by atoms with van der Waals surface area (Å²) in [5.74, 6) is 0. The summed E-state index contributed by atoms with van der Waals surface area (Å²) in [6.07, 6.45) is 0.965. The van der Waals surface area contributed by atoms with Crippen LogP contribution >= 0.6 is 11.6 Å². The van der Waals surface area contributed by atoms with E-state index in [4.69, 9.17) is 16.7 Å². The summed E-state index contributed by atoms with van der Waals surface area (Å²) in [5, 5.41) is 9.74. The highest BCUT2D eigenvalue weighted by atomic mass is 35.5. The lowest BCUT2D eigenvalue weighted by molar-refractivity contribution is 0.282. The molecule has 0 saturated heterocycles. The molecule has 3 heteroatoms. The van der Waals surface area contributed by atoms with Gasteiger partial charge in [-0.2, -0.15) is 0 Å². The Hall–Kier alpha value is -0.570. The molecule has 0 aromatic heterocycles.